The van der Waals surface area contributed by atoms with Crippen LogP contribution in [-0.4, -0.2) is 25.1 Å². The fourth-order valence-electron chi connectivity index (χ4n) is 1.35. The molecule has 1 amide bonds. The van der Waals surface area contributed by atoms with Gasteiger partial charge in [0.1, 0.15) is 12.4 Å². The molecule has 14 heavy (non-hydrogen) atoms. The van der Waals surface area contributed by atoms with E-state index < -0.39 is 0 Å². The van der Waals surface area contributed by atoms with E-state index in [1.165, 1.54) is 0 Å². The van der Waals surface area contributed by atoms with E-state index >= 15 is 0 Å². The number of para-hydroxylation sites is 1. The molecule has 1 aliphatic heterocycles. The summed E-state index contributed by atoms with van der Waals surface area (Å²) >= 11 is 0. The largest absolute Gasteiger partial charge is 0.491 e. The van der Waals surface area contributed by atoms with E-state index in [-0.39, 0.29) is 11.9 Å². The highest BCUT2D eigenvalue weighted by Crippen LogP contribution is 2.18. The Kier molecular flexibility index (Phi) is 2.37. The Balaban J connectivity index is 2.33. The van der Waals surface area contributed by atoms with Crippen molar-refractivity contribution >= 4 is 5.91 Å². The van der Waals surface area contributed by atoms with Gasteiger partial charge in [-0.2, -0.15) is 0 Å². The number of rotatable bonds is 0. The predicted octanol–water partition coefficient (Wildman–Crippen LogP) is 0.136. The second-order valence-corrected chi connectivity index (χ2v) is 3.28. The Morgan fingerprint density at radius 1 is 1.43 bits per heavy atom. The van der Waals surface area contributed by atoms with Crippen LogP contribution in [0.15, 0.2) is 24.3 Å². The molecule has 1 aliphatic rings. The average molecular weight is 192 g/mol. The second kappa shape index (κ2) is 3.67. The molecule has 1 atom stereocenters. The summed E-state index contributed by atoms with van der Waals surface area (Å²) in [6, 6.07) is 7.00. The summed E-state index contributed by atoms with van der Waals surface area (Å²) in [6.07, 6.45) is 0. The topological polar surface area (TPSA) is 64.3 Å². The number of ether oxygens (including phenoxy) is 1. The van der Waals surface area contributed by atoms with Gasteiger partial charge >= 0.3 is 0 Å². The number of amides is 1. The molecule has 0 radical (unpaired) electrons. The number of benzene rings is 1. The summed E-state index contributed by atoms with van der Waals surface area (Å²) in [6.45, 7) is 0.879. The third kappa shape index (κ3) is 1.70. The van der Waals surface area contributed by atoms with Gasteiger partial charge in [-0.15, -0.1) is 0 Å². The summed E-state index contributed by atoms with van der Waals surface area (Å²) in [5.41, 5.74) is 6.25. The Labute approximate surface area is 82.1 Å². The summed E-state index contributed by atoms with van der Waals surface area (Å²) in [5, 5.41) is 2.75. The van der Waals surface area contributed by atoms with E-state index in [4.69, 9.17) is 10.5 Å². The van der Waals surface area contributed by atoms with Gasteiger partial charge in [-0.1, -0.05) is 12.1 Å². The predicted molar refractivity (Wildman–Crippen MR) is 52.2 cm³/mol. The van der Waals surface area contributed by atoms with Crippen molar-refractivity contribution in [3.63, 3.8) is 0 Å². The van der Waals surface area contributed by atoms with Crippen molar-refractivity contribution in [2.75, 3.05) is 13.2 Å². The van der Waals surface area contributed by atoms with Crippen molar-refractivity contribution in [2.45, 2.75) is 6.04 Å². The lowest BCUT2D eigenvalue weighted by Crippen LogP contribution is -2.42. The van der Waals surface area contributed by atoms with Crippen LogP contribution in [0.4, 0.5) is 0 Å². The minimum atomic E-state index is -0.146. The molecule has 1 aromatic carbocycles. The molecule has 74 valence electrons. The molecule has 0 aliphatic carbocycles. The minimum Gasteiger partial charge on any atom is -0.491 e. The molecule has 0 saturated carbocycles. The number of nitrogens with two attached hydrogens (primary N) is 1. The molecular formula is C10H12N2O2. The maximum atomic E-state index is 11.6. The van der Waals surface area contributed by atoms with Crippen LogP contribution in [0.25, 0.3) is 0 Å². The van der Waals surface area contributed by atoms with Crippen molar-refractivity contribution in [3.8, 4) is 5.75 Å². The molecule has 1 unspecified atom stereocenters. The van der Waals surface area contributed by atoms with Gasteiger partial charge in [0, 0.05) is 6.54 Å². The highest BCUT2D eigenvalue weighted by atomic mass is 16.5. The number of carbonyl (C=O) groups excluding carboxylic acids is 1. The lowest BCUT2D eigenvalue weighted by atomic mass is 10.1. The zero-order valence-electron chi connectivity index (χ0n) is 7.69. The Morgan fingerprint density at radius 3 is 3.07 bits per heavy atom. The molecule has 0 spiro atoms. The van der Waals surface area contributed by atoms with Crippen molar-refractivity contribution in [2.24, 2.45) is 5.73 Å². The van der Waals surface area contributed by atoms with Crippen molar-refractivity contribution < 1.29 is 9.53 Å². The van der Waals surface area contributed by atoms with E-state index in [0.29, 0.717) is 24.5 Å². The summed E-state index contributed by atoms with van der Waals surface area (Å²) in [4.78, 5) is 11.6. The van der Waals surface area contributed by atoms with Crippen molar-refractivity contribution in [1.82, 2.24) is 5.32 Å². The Hall–Kier alpha value is -1.55. The van der Waals surface area contributed by atoms with Crippen LogP contribution in [0, 0.1) is 0 Å². The van der Waals surface area contributed by atoms with Gasteiger partial charge in [0.05, 0.1) is 11.6 Å². The quantitative estimate of drug-likeness (QED) is 0.614. The fourth-order valence-corrected chi connectivity index (χ4v) is 1.35. The molecule has 2 rings (SSSR count). The number of nitrogens with one attached hydrogen (secondary N) is 1. The fraction of sp³-hybridized carbons (Fsp3) is 0.300. The molecule has 1 aromatic rings. The van der Waals surface area contributed by atoms with E-state index in [2.05, 4.69) is 5.32 Å². The highest BCUT2D eigenvalue weighted by molar-refractivity contribution is 5.97. The summed E-state index contributed by atoms with van der Waals surface area (Å²) < 4.78 is 5.43. The van der Waals surface area contributed by atoms with Crippen LogP contribution in [0.1, 0.15) is 10.4 Å². The second-order valence-electron chi connectivity index (χ2n) is 3.28. The van der Waals surface area contributed by atoms with Crippen LogP contribution in [-0.2, 0) is 0 Å². The van der Waals surface area contributed by atoms with Crippen LogP contribution in [0.5, 0.6) is 5.75 Å². The van der Waals surface area contributed by atoms with E-state index in [1.807, 2.05) is 12.1 Å². The van der Waals surface area contributed by atoms with Gasteiger partial charge in [0.2, 0.25) is 0 Å². The van der Waals surface area contributed by atoms with Crippen LogP contribution in [0.2, 0.25) is 0 Å². The number of hydrogen-bond donors (Lipinski definition) is 2. The van der Waals surface area contributed by atoms with Gasteiger partial charge in [-0.3, -0.25) is 4.79 Å². The number of hydrogen-bond acceptors (Lipinski definition) is 3. The monoisotopic (exact) mass is 192 g/mol. The zero-order valence-corrected chi connectivity index (χ0v) is 7.69. The molecule has 4 nitrogen and oxygen atoms in total. The van der Waals surface area contributed by atoms with Crippen LogP contribution in [0.3, 0.4) is 0 Å². The van der Waals surface area contributed by atoms with E-state index in [0.717, 1.165) is 0 Å². The van der Waals surface area contributed by atoms with Crippen molar-refractivity contribution in [3.05, 3.63) is 29.8 Å². The Morgan fingerprint density at radius 2 is 2.21 bits per heavy atom. The standard InChI is InChI=1S/C10H12N2O2/c11-7-5-12-10(13)8-3-1-2-4-9(8)14-6-7/h1-4,7H,5-6,11H2,(H,12,13). The van der Waals surface area contributed by atoms with E-state index in [1.54, 1.807) is 12.1 Å². The smallest absolute Gasteiger partial charge is 0.255 e. The molecule has 0 fully saturated rings. The molecule has 0 bridgehead atoms. The van der Waals surface area contributed by atoms with Crippen LogP contribution >= 0.6 is 0 Å². The van der Waals surface area contributed by atoms with Gasteiger partial charge in [-0.05, 0) is 12.1 Å². The lowest BCUT2D eigenvalue weighted by molar-refractivity contribution is 0.0934. The Bertz CT molecular complexity index is 352. The molecule has 1 heterocycles. The molecular weight excluding hydrogens is 180 g/mol. The summed E-state index contributed by atoms with van der Waals surface area (Å²) in [7, 11) is 0. The van der Waals surface area contributed by atoms with Gasteiger partial charge < -0.3 is 15.8 Å². The van der Waals surface area contributed by atoms with Gasteiger partial charge in [0.25, 0.3) is 5.91 Å². The van der Waals surface area contributed by atoms with Crippen molar-refractivity contribution in [1.29, 1.82) is 0 Å². The third-order valence-electron chi connectivity index (χ3n) is 2.11. The first-order valence-corrected chi connectivity index (χ1v) is 4.53. The molecule has 3 N–H and O–H groups in total. The first-order valence-electron chi connectivity index (χ1n) is 4.53. The molecule has 0 aromatic heterocycles. The maximum absolute atomic E-state index is 11.6. The normalized spacial score (nSPS) is 21.2. The molecule has 4 heteroatoms. The van der Waals surface area contributed by atoms with Crippen LogP contribution < -0.4 is 15.8 Å². The number of fused-ring (bicyclic) bond motifs is 1. The van der Waals surface area contributed by atoms with Gasteiger partial charge in [0.15, 0.2) is 0 Å². The van der Waals surface area contributed by atoms with E-state index in [9.17, 15) is 4.79 Å². The maximum Gasteiger partial charge on any atom is 0.255 e. The lowest BCUT2D eigenvalue weighted by Gasteiger charge is -2.19. The number of carbonyl (C=O) groups is 1. The zero-order chi connectivity index (χ0) is 9.97. The summed E-state index contributed by atoms with van der Waals surface area (Å²) in [5.74, 6) is 0.468. The average Bonchev–Trinajstić information content (AvgIpc) is 2.21. The first-order chi connectivity index (χ1) is 6.77. The van der Waals surface area contributed by atoms with Gasteiger partial charge in [-0.25, -0.2) is 0 Å². The minimum absolute atomic E-state index is 0.129. The highest BCUT2D eigenvalue weighted by Gasteiger charge is 2.16. The first kappa shape index (κ1) is 9.02. The molecule has 0 saturated heterocycles. The third-order valence-corrected chi connectivity index (χ3v) is 2.11. The SMILES string of the molecule is NC1CNC(=O)c2ccccc2OC1.